The fraction of sp³-hybridized carbons (Fsp3) is 0.600. The van der Waals surface area contributed by atoms with Crippen LogP contribution in [0.15, 0.2) is 34.4 Å². The van der Waals surface area contributed by atoms with Crippen molar-refractivity contribution in [2.45, 2.75) is 40.0 Å². The molecule has 0 bridgehead atoms. The highest BCUT2D eigenvalue weighted by molar-refractivity contribution is 5.47. The molecule has 2 aliphatic rings. The van der Waals surface area contributed by atoms with Gasteiger partial charge in [-0.3, -0.25) is 0 Å². The second-order valence-electron chi connectivity index (χ2n) is 5.12. The van der Waals surface area contributed by atoms with Gasteiger partial charge in [-0.2, -0.15) is 0 Å². The smallest absolute Gasteiger partial charge is 0.00207 e. The lowest BCUT2D eigenvalue weighted by molar-refractivity contribution is 0.684. The third kappa shape index (κ3) is 2.30. The summed E-state index contributed by atoms with van der Waals surface area (Å²) in [6.07, 6.45) is 8.52. The van der Waals surface area contributed by atoms with E-state index < -0.39 is 0 Å². The van der Waals surface area contributed by atoms with E-state index >= 15 is 0 Å². The summed E-state index contributed by atoms with van der Waals surface area (Å²) in [6.45, 7) is 9.07. The highest BCUT2D eigenvalue weighted by atomic mass is 14.9. The zero-order chi connectivity index (χ0) is 11.5. The van der Waals surface area contributed by atoms with E-state index in [0.29, 0.717) is 0 Å². The maximum Gasteiger partial charge on any atom is 0.00207 e. The molecule has 0 aromatic carbocycles. The second-order valence-corrected chi connectivity index (χ2v) is 5.12. The van der Waals surface area contributed by atoms with Gasteiger partial charge in [0.2, 0.25) is 0 Å². The molecule has 1 saturated heterocycles. The highest BCUT2D eigenvalue weighted by Gasteiger charge is 2.22. The molecule has 0 aromatic heterocycles. The van der Waals surface area contributed by atoms with E-state index in [1.54, 1.807) is 11.1 Å². The van der Waals surface area contributed by atoms with Crippen molar-refractivity contribution in [3.8, 4) is 0 Å². The van der Waals surface area contributed by atoms with Crippen LogP contribution in [0.3, 0.4) is 0 Å². The Bertz CT molecular complexity index is 352. The molecule has 1 aliphatic heterocycles. The van der Waals surface area contributed by atoms with Crippen LogP contribution in [0.5, 0.6) is 0 Å². The molecule has 0 radical (unpaired) electrons. The van der Waals surface area contributed by atoms with Gasteiger partial charge in [-0.25, -0.2) is 0 Å². The third-order valence-electron chi connectivity index (χ3n) is 3.87. The molecule has 88 valence electrons. The molecule has 0 saturated carbocycles. The fourth-order valence-electron chi connectivity index (χ4n) is 2.82. The van der Waals surface area contributed by atoms with Gasteiger partial charge in [0.25, 0.3) is 0 Å². The van der Waals surface area contributed by atoms with Gasteiger partial charge < -0.3 is 5.32 Å². The highest BCUT2D eigenvalue weighted by Crippen LogP contribution is 2.33. The van der Waals surface area contributed by atoms with Gasteiger partial charge in [-0.05, 0) is 63.6 Å². The molecule has 1 N–H and O–H groups in total. The van der Waals surface area contributed by atoms with Crippen LogP contribution >= 0.6 is 0 Å². The molecule has 1 atom stereocenters. The Kier molecular flexibility index (Phi) is 3.65. The van der Waals surface area contributed by atoms with Crippen LogP contribution in [-0.2, 0) is 0 Å². The quantitative estimate of drug-likeness (QED) is 0.745. The van der Waals surface area contributed by atoms with E-state index in [9.17, 15) is 0 Å². The molecule has 1 nitrogen and oxygen atoms in total. The largest absolute Gasteiger partial charge is 0.316 e. The summed E-state index contributed by atoms with van der Waals surface area (Å²) in [6, 6.07) is 0. The van der Waals surface area contributed by atoms with Crippen molar-refractivity contribution in [2.24, 2.45) is 5.92 Å². The standard InChI is InChI=1S/C15H23N/c1-4-14(13-7-8-16-10-13)15-9-11(2)5-6-12(15)3/h4,9,13,16H,5-8,10H2,1-3H3/b14-4-. The van der Waals surface area contributed by atoms with E-state index in [1.165, 1.54) is 37.0 Å². The molecule has 16 heavy (non-hydrogen) atoms. The number of hydrogen-bond donors (Lipinski definition) is 1. The zero-order valence-electron chi connectivity index (χ0n) is 10.8. The van der Waals surface area contributed by atoms with E-state index in [-0.39, 0.29) is 0 Å². The van der Waals surface area contributed by atoms with Gasteiger partial charge in [0, 0.05) is 6.54 Å². The molecule has 1 aliphatic carbocycles. The number of hydrogen-bond acceptors (Lipinski definition) is 1. The van der Waals surface area contributed by atoms with Crippen LogP contribution in [0.2, 0.25) is 0 Å². The lowest BCUT2D eigenvalue weighted by atomic mass is 9.83. The first-order valence-electron chi connectivity index (χ1n) is 6.46. The number of nitrogens with one attached hydrogen (secondary N) is 1. The molecular formula is C15H23N. The maximum atomic E-state index is 3.47. The molecular weight excluding hydrogens is 194 g/mol. The molecule has 0 amide bonds. The van der Waals surface area contributed by atoms with E-state index in [1.807, 2.05) is 0 Å². The van der Waals surface area contributed by atoms with Crippen LogP contribution in [0, 0.1) is 5.92 Å². The molecule has 1 fully saturated rings. The maximum absolute atomic E-state index is 3.47. The summed E-state index contributed by atoms with van der Waals surface area (Å²) in [4.78, 5) is 0. The van der Waals surface area contributed by atoms with E-state index in [2.05, 4.69) is 38.2 Å². The first-order chi connectivity index (χ1) is 7.72. The Morgan fingerprint density at radius 1 is 1.38 bits per heavy atom. The average molecular weight is 217 g/mol. The third-order valence-corrected chi connectivity index (χ3v) is 3.87. The summed E-state index contributed by atoms with van der Waals surface area (Å²) in [5.41, 5.74) is 6.21. The fourth-order valence-corrected chi connectivity index (χ4v) is 2.82. The lowest BCUT2D eigenvalue weighted by Gasteiger charge is -2.22. The SMILES string of the molecule is C/C=C(\C1=C(C)CCC(C)=C1)C1CCNC1. The number of rotatable bonds is 2. The minimum atomic E-state index is 0.733. The minimum Gasteiger partial charge on any atom is -0.316 e. The van der Waals surface area contributed by atoms with Crippen LogP contribution < -0.4 is 5.32 Å². The molecule has 1 heterocycles. The summed E-state index contributed by atoms with van der Waals surface area (Å²) >= 11 is 0. The number of allylic oxidation sites excluding steroid dienone is 5. The van der Waals surface area contributed by atoms with Gasteiger partial charge in [-0.15, -0.1) is 0 Å². The summed E-state index contributed by atoms with van der Waals surface area (Å²) in [5, 5.41) is 3.47. The van der Waals surface area contributed by atoms with Crippen LogP contribution in [0.1, 0.15) is 40.0 Å². The van der Waals surface area contributed by atoms with Crippen molar-refractivity contribution in [1.29, 1.82) is 0 Å². The Morgan fingerprint density at radius 3 is 2.81 bits per heavy atom. The van der Waals surface area contributed by atoms with Crippen LogP contribution in [-0.4, -0.2) is 13.1 Å². The Morgan fingerprint density at radius 2 is 2.19 bits per heavy atom. The van der Waals surface area contributed by atoms with Gasteiger partial charge in [-0.1, -0.05) is 23.3 Å². The van der Waals surface area contributed by atoms with Crippen molar-refractivity contribution >= 4 is 0 Å². The Hall–Kier alpha value is -0.820. The van der Waals surface area contributed by atoms with Crippen molar-refractivity contribution in [3.05, 3.63) is 34.4 Å². The van der Waals surface area contributed by atoms with Gasteiger partial charge in [0.1, 0.15) is 0 Å². The predicted molar refractivity (Wildman–Crippen MR) is 70.4 cm³/mol. The van der Waals surface area contributed by atoms with Crippen molar-refractivity contribution < 1.29 is 0 Å². The average Bonchev–Trinajstić information content (AvgIpc) is 2.78. The van der Waals surface area contributed by atoms with Gasteiger partial charge >= 0.3 is 0 Å². The van der Waals surface area contributed by atoms with E-state index in [0.717, 1.165) is 12.5 Å². The van der Waals surface area contributed by atoms with Crippen LogP contribution in [0.25, 0.3) is 0 Å². The van der Waals surface area contributed by atoms with Crippen molar-refractivity contribution in [1.82, 2.24) is 5.32 Å². The van der Waals surface area contributed by atoms with Crippen LogP contribution in [0.4, 0.5) is 0 Å². The van der Waals surface area contributed by atoms with Crippen molar-refractivity contribution in [2.75, 3.05) is 13.1 Å². The Balaban J connectivity index is 2.27. The van der Waals surface area contributed by atoms with E-state index in [4.69, 9.17) is 0 Å². The summed E-state index contributed by atoms with van der Waals surface area (Å²) < 4.78 is 0. The first kappa shape index (κ1) is 11.7. The molecule has 2 rings (SSSR count). The first-order valence-corrected chi connectivity index (χ1v) is 6.46. The molecule has 0 spiro atoms. The monoisotopic (exact) mass is 217 g/mol. The second kappa shape index (κ2) is 5.01. The van der Waals surface area contributed by atoms with Crippen molar-refractivity contribution in [3.63, 3.8) is 0 Å². The molecule has 0 aromatic rings. The zero-order valence-corrected chi connectivity index (χ0v) is 10.8. The normalized spacial score (nSPS) is 27.3. The topological polar surface area (TPSA) is 12.0 Å². The minimum absolute atomic E-state index is 0.733. The molecule has 1 unspecified atom stereocenters. The summed E-state index contributed by atoms with van der Waals surface area (Å²) in [5.74, 6) is 0.733. The lowest BCUT2D eigenvalue weighted by Crippen LogP contribution is -2.13. The van der Waals surface area contributed by atoms with Gasteiger partial charge in [0.15, 0.2) is 0 Å². The molecule has 1 heteroatoms. The Labute approximate surface area is 99.3 Å². The predicted octanol–water partition coefficient (Wildman–Crippen LogP) is 3.60. The van der Waals surface area contributed by atoms with Gasteiger partial charge in [0.05, 0.1) is 0 Å². The summed E-state index contributed by atoms with van der Waals surface area (Å²) in [7, 11) is 0.